The molecule has 4 aromatic heterocycles. The number of fused-ring (bicyclic) bond motifs is 2. The molecular weight excluding hydrogens is 881 g/mol. The van der Waals surface area contributed by atoms with E-state index in [4.69, 9.17) is 39.6 Å². The molecule has 3 fully saturated rings. The lowest BCUT2D eigenvalue weighted by atomic mass is 9.98. The molecule has 2 saturated carbocycles. The molecule has 0 atom stereocenters. The van der Waals surface area contributed by atoms with Crippen LogP contribution in [-0.4, -0.2) is 101 Å². The van der Waals surface area contributed by atoms with Gasteiger partial charge in [0.15, 0.2) is 0 Å². The van der Waals surface area contributed by atoms with E-state index in [1.807, 2.05) is 53.6 Å². The highest BCUT2D eigenvalue weighted by Gasteiger charge is 2.28. The maximum atomic E-state index is 5.64. The summed E-state index contributed by atoms with van der Waals surface area (Å²) in [5.74, 6) is 5.13. The van der Waals surface area contributed by atoms with E-state index in [0.717, 1.165) is 123 Å². The van der Waals surface area contributed by atoms with Crippen LogP contribution >= 0.6 is 0 Å². The Labute approximate surface area is 408 Å². The molecule has 0 amide bonds. The van der Waals surface area contributed by atoms with Crippen LogP contribution in [0.5, 0.6) is 23.0 Å². The first-order chi connectivity index (χ1) is 34.3. The Bertz CT molecular complexity index is 3010. The normalized spacial score (nSPS) is 14.8. The molecule has 2 aliphatic carbocycles. The monoisotopic (exact) mass is 943 g/mol. The van der Waals surface area contributed by atoms with Gasteiger partial charge >= 0.3 is 0 Å². The zero-order valence-corrected chi connectivity index (χ0v) is 40.5. The molecule has 1 saturated heterocycles. The minimum atomic E-state index is 0.541. The van der Waals surface area contributed by atoms with Crippen LogP contribution in [0.3, 0.4) is 0 Å². The molecular formula is C54H62N12O4. The summed E-state index contributed by atoms with van der Waals surface area (Å²) in [6.45, 7) is 6.23. The van der Waals surface area contributed by atoms with Gasteiger partial charge in [0.25, 0.3) is 0 Å². The SMILES string of the molecule is COc1cc(OC)cc(N(CC2CC2)c2ccc3ncc(-c4cnn(CC5CCNCC5)c4)nc3c2)c1.COc1cc(OC)cc(N(CC2CC2)c2ccc3ncc(-c4cnn(CCN)c4)nc3c2)c1. The average molecular weight is 943 g/mol. The van der Waals surface area contributed by atoms with E-state index in [1.54, 1.807) is 40.8 Å². The van der Waals surface area contributed by atoms with E-state index in [2.05, 4.69) is 83.6 Å². The third-order valence-corrected chi connectivity index (χ3v) is 13.4. The second-order valence-corrected chi connectivity index (χ2v) is 18.5. The summed E-state index contributed by atoms with van der Waals surface area (Å²) in [7, 11) is 6.72. The lowest BCUT2D eigenvalue weighted by Gasteiger charge is -2.26. The van der Waals surface area contributed by atoms with Crippen LogP contribution in [-0.2, 0) is 13.1 Å². The van der Waals surface area contributed by atoms with E-state index in [-0.39, 0.29) is 0 Å². The molecule has 5 heterocycles. The van der Waals surface area contributed by atoms with Crippen molar-refractivity contribution in [3.05, 3.63) is 110 Å². The van der Waals surface area contributed by atoms with Crippen molar-refractivity contribution in [3.8, 4) is 45.5 Å². The highest BCUT2D eigenvalue weighted by molar-refractivity contribution is 5.84. The van der Waals surface area contributed by atoms with Crippen molar-refractivity contribution in [2.75, 3.05) is 71.0 Å². The third kappa shape index (κ3) is 11.1. The van der Waals surface area contributed by atoms with Crippen LogP contribution < -0.4 is 39.8 Å². The van der Waals surface area contributed by atoms with Crippen LogP contribution in [0.2, 0.25) is 0 Å². The van der Waals surface area contributed by atoms with Crippen LogP contribution in [0.25, 0.3) is 44.6 Å². The predicted octanol–water partition coefficient (Wildman–Crippen LogP) is 9.08. The van der Waals surface area contributed by atoms with Crippen LogP contribution in [0, 0.1) is 17.8 Å². The van der Waals surface area contributed by atoms with Crippen molar-refractivity contribution in [3.63, 3.8) is 0 Å². The molecule has 362 valence electrons. The number of anilines is 4. The van der Waals surface area contributed by atoms with E-state index < -0.39 is 0 Å². The zero-order valence-electron chi connectivity index (χ0n) is 40.5. The molecule has 0 bridgehead atoms. The fourth-order valence-electron chi connectivity index (χ4n) is 9.02. The van der Waals surface area contributed by atoms with Crippen LogP contribution in [0.15, 0.2) is 110 Å². The Kier molecular flexibility index (Phi) is 14.0. The van der Waals surface area contributed by atoms with Gasteiger partial charge in [-0.15, -0.1) is 0 Å². The summed E-state index contributed by atoms with van der Waals surface area (Å²) in [4.78, 5) is 23.9. The van der Waals surface area contributed by atoms with E-state index in [1.165, 1.54) is 38.5 Å². The van der Waals surface area contributed by atoms with Gasteiger partial charge in [0.2, 0.25) is 0 Å². The van der Waals surface area contributed by atoms with Gasteiger partial charge in [-0.25, -0.2) is 9.97 Å². The third-order valence-electron chi connectivity index (χ3n) is 13.4. The van der Waals surface area contributed by atoms with E-state index >= 15 is 0 Å². The fourth-order valence-corrected chi connectivity index (χ4v) is 9.02. The molecule has 0 radical (unpaired) electrons. The summed E-state index contributed by atoms with van der Waals surface area (Å²) >= 11 is 0. The lowest BCUT2D eigenvalue weighted by Crippen LogP contribution is -2.29. The van der Waals surface area contributed by atoms with Crippen molar-refractivity contribution < 1.29 is 18.9 Å². The summed E-state index contributed by atoms with van der Waals surface area (Å²) in [6.07, 6.45) is 18.8. The first kappa shape index (κ1) is 46.4. The minimum absolute atomic E-state index is 0.541. The van der Waals surface area contributed by atoms with E-state index in [0.29, 0.717) is 30.8 Å². The van der Waals surface area contributed by atoms with Crippen LogP contribution in [0.4, 0.5) is 22.7 Å². The van der Waals surface area contributed by atoms with Crippen molar-refractivity contribution in [2.45, 2.75) is 51.6 Å². The standard InChI is InChI=1S/C29H34N6O2.C25H28N6O2/c1-36-25-11-24(12-26(14-25)37-2)35(18-20-3-4-20)23-5-6-27-28(13-23)33-29(16-31-27)22-15-32-34(19-22)17-21-7-9-30-10-8-21;1-32-21-9-20(10-22(12-21)33-2)31(15-17-3-4-17)19-5-6-23-24(11-19)29-25(14-27-23)18-13-28-30(16-18)8-7-26/h5-6,11-16,19-21,30H,3-4,7-10,17-18H2,1-2H3;5-6,9-14,16-17H,3-4,7-8,15,26H2,1-2H3. The van der Waals surface area contributed by atoms with Crippen molar-refractivity contribution in [1.82, 2.24) is 44.8 Å². The maximum Gasteiger partial charge on any atom is 0.124 e. The minimum Gasteiger partial charge on any atom is -0.497 e. The number of aromatic nitrogens is 8. The van der Waals surface area contributed by atoms with Crippen LogP contribution in [0.1, 0.15) is 38.5 Å². The Balaban J connectivity index is 0.000000163. The number of hydrogen-bond acceptors (Lipinski definition) is 14. The number of nitrogens with one attached hydrogen (secondary N) is 1. The number of piperidine rings is 1. The molecule has 0 spiro atoms. The molecule has 70 heavy (non-hydrogen) atoms. The van der Waals surface area contributed by atoms with Crippen molar-refractivity contribution in [2.24, 2.45) is 23.5 Å². The molecule has 16 heteroatoms. The zero-order chi connectivity index (χ0) is 48.0. The quantitative estimate of drug-likeness (QED) is 0.0836. The number of rotatable bonds is 18. The number of benzene rings is 4. The number of nitrogens with two attached hydrogens (primary N) is 1. The number of methoxy groups -OCH3 is 4. The smallest absolute Gasteiger partial charge is 0.124 e. The number of hydrogen-bond donors (Lipinski definition) is 2. The maximum absolute atomic E-state index is 5.64. The number of nitrogens with zero attached hydrogens (tertiary/aromatic N) is 10. The Hall–Kier alpha value is -7.30. The van der Waals surface area contributed by atoms with Gasteiger partial charge in [-0.3, -0.25) is 19.3 Å². The van der Waals surface area contributed by atoms with Gasteiger partial charge in [0.05, 0.1) is 93.2 Å². The van der Waals surface area contributed by atoms with E-state index in [9.17, 15) is 0 Å². The molecule has 0 unspecified atom stereocenters. The average Bonchev–Trinajstić information content (AvgIpc) is 4.32. The summed E-state index contributed by atoms with van der Waals surface area (Å²) in [6, 6.07) is 24.6. The first-order valence-corrected chi connectivity index (χ1v) is 24.4. The summed E-state index contributed by atoms with van der Waals surface area (Å²) in [5.41, 5.74) is 16.9. The van der Waals surface area contributed by atoms with Gasteiger partial charge in [-0.2, -0.15) is 10.2 Å². The summed E-state index contributed by atoms with van der Waals surface area (Å²) in [5, 5.41) is 12.4. The molecule has 3 aliphatic rings. The van der Waals surface area contributed by atoms with Crippen molar-refractivity contribution in [1.29, 1.82) is 0 Å². The molecule has 1 aliphatic heterocycles. The Morgan fingerprint density at radius 1 is 0.529 bits per heavy atom. The molecule has 16 nitrogen and oxygen atoms in total. The fraction of sp³-hybridized carbons (Fsp3) is 0.370. The molecule has 8 aromatic rings. The number of ether oxygens (including phenoxy) is 4. The van der Waals surface area contributed by atoms with Gasteiger partial charge < -0.3 is 39.8 Å². The molecule has 11 rings (SSSR count). The summed E-state index contributed by atoms with van der Waals surface area (Å²) < 4.78 is 26.0. The van der Waals surface area contributed by atoms with Gasteiger partial charge in [0, 0.05) is 109 Å². The van der Waals surface area contributed by atoms with Gasteiger partial charge in [-0.1, -0.05) is 0 Å². The lowest BCUT2D eigenvalue weighted by molar-refractivity contribution is 0.321. The Morgan fingerprint density at radius 2 is 0.986 bits per heavy atom. The molecule has 3 N–H and O–H groups in total. The largest absolute Gasteiger partial charge is 0.497 e. The van der Waals surface area contributed by atoms with Crippen molar-refractivity contribution >= 4 is 44.8 Å². The topological polar surface area (TPSA) is 169 Å². The Morgan fingerprint density at radius 3 is 1.43 bits per heavy atom. The first-order valence-electron chi connectivity index (χ1n) is 24.4. The second-order valence-electron chi connectivity index (χ2n) is 18.5. The highest BCUT2D eigenvalue weighted by atomic mass is 16.5. The highest BCUT2D eigenvalue weighted by Crippen LogP contribution is 2.41. The predicted molar refractivity (Wildman–Crippen MR) is 275 cm³/mol. The molecule has 4 aromatic carbocycles. The second kappa shape index (κ2) is 21.1. The van der Waals surface area contributed by atoms with Gasteiger partial charge in [-0.05, 0) is 106 Å². The van der Waals surface area contributed by atoms with Gasteiger partial charge in [0.1, 0.15) is 23.0 Å².